The van der Waals surface area contributed by atoms with Gasteiger partial charge >= 0.3 is 5.97 Å². The molecule has 0 saturated carbocycles. The van der Waals surface area contributed by atoms with E-state index in [2.05, 4.69) is 22.9 Å². The van der Waals surface area contributed by atoms with Crippen molar-refractivity contribution in [2.24, 2.45) is 0 Å². The maximum absolute atomic E-state index is 10.7. The Labute approximate surface area is 96.1 Å². The maximum Gasteiger partial charge on any atom is 0.303 e. The summed E-state index contributed by atoms with van der Waals surface area (Å²) in [5.74, 6) is -0.540. The summed E-state index contributed by atoms with van der Waals surface area (Å²) >= 11 is 5.02. The number of carbonyl (C=O) groups is 1. The fourth-order valence-corrected chi connectivity index (χ4v) is 3.01. The molecule has 0 aliphatic rings. The highest BCUT2D eigenvalue weighted by Gasteiger charge is 2.16. The number of halogens is 1. The van der Waals surface area contributed by atoms with E-state index in [1.807, 2.05) is 12.1 Å². The van der Waals surface area contributed by atoms with Crippen LogP contribution in [0.5, 0.6) is 0 Å². The highest BCUT2D eigenvalue weighted by Crippen LogP contribution is 2.33. The van der Waals surface area contributed by atoms with E-state index in [4.69, 9.17) is 5.11 Å². The van der Waals surface area contributed by atoms with Crippen molar-refractivity contribution in [3.05, 3.63) is 20.8 Å². The van der Waals surface area contributed by atoms with E-state index in [1.165, 1.54) is 4.88 Å². The normalized spacial score (nSPS) is 12.7. The Kier molecular flexibility index (Phi) is 4.62. The summed E-state index contributed by atoms with van der Waals surface area (Å²) in [7, 11) is 0. The average Bonchev–Trinajstić information content (AvgIpc) is 2.50. The topological polar surface area (TPSA) is 37.3 Å². The van der Waals surface area contributed by atoms with Crippen LogP contribution in [0.3, 0.4) is 0 Å². The third kappa shape index (κ3) is 3.42. The van der Waals surface area contributed by atoms with Gasteiger partial charge in [0.05, 0.1) is 10.2 Å². The van der Waals surface area contributed by atoms with Gasteiger partial charge in [-0.2, -0.15) is 0 Å². The summed E-state index contributed by atoms with van der Waals surface area (Å²) in [6.45, 7) is 2.08. The Balaban J connectivity index is 2.71. The molecule has 0 fully saturated rings. The zero-order chi connectivity index (χ0) is 10.6. The lowest BCUT2D eigenvalue weighted by molar-refractivity contribution is -0.137. The quantitative estimate of drug-likeness (QED) is 0.887. The number of hydrogen-bond acceptors (Lipinski definition) is 2. The highest BCUT2D eigenvalue weighted by molar-refractivity contribution is 9.11. The molecule has 0 spiro atoms. The summed E-state index contributed by atoms with van der Waals surface area (Å²) in [5.41, 5.74) is 0. The van der Waals surface area contributed by atoms with E-state index in [1.54, 1.807) is 11.3 Å². The molecule has 0 amide bonds. The van der Waals surface area contributed by atoms with E-state index in [0.717, 1.165) is 16.6 Å². The van der Waals surface area contributed by atoms with Crippen LogP contribution in [0.1, 0.15) is 37.0 Å². The van der Waals surface area contributed by atoms with Crippen LogP contribution >= 0.6 is 27.3 Å². The standard InChI is InChI=1S/C10H13BrO2S/c1-2-3-7(6-10(12)13)8-4-5-9(11)14-8/h4-5,7H,2-3,6H2,1H3,(H,12,13). The molecule has 1 atom stereocenters. The van der Waals surface area contributed by atoms with E-state index in [-0.39, 0.29) is 12.3 Å². The van der Waals surface area contributed by atoms with Crippen LogP contribution in [0.25, 0.3) is 0 Å². The molecular weight excluding hydrogens is 264 g/mol. The molecular formula is C10H13BrO2S. The maximum atomic E-state index is 10.7. The minimum absolute atomic E-state index is 0.175. The smallest absolute Gasteiger partial charge is 0.303 e. The Morgan fingerprint density at radius 2 is 2.36 bits per heavy atom. The summed E-state index contributed by atoms with van der Waals surface area (Å²) in [4.78, 5) is 11.8. The molecule has 1 N–H and O–H groups in total. The molecule has 0 radical (unpaired) electrons. The van der Waals surface area contributed by atoms with Gasteiger partial charge in [-0.15, -0.1) is 11.3 Å². The first-order valence-corrected chi connectivity index (χ1v) is 6.21. The first-order valence-electron chi connectivity index (χ1n) is 4.60. The summed E-state index contributed by atoms with van der Waals surface area (Å²) < 4.78 is 1.07. The molecule has 14 heavy (non-hydrogen) atoms. The minimum Gasteiger partial charge on any atom is -0.481 e. The zero-order valence-corrected chi connectivity index (χ0v) is 10.4. The Morgan fingerprint density at radius 3 is 2.79 bits per heavy atom. The molecule has 1 aromatic heterocycles. The Bertz CT molecular complexity index is 309. The van der Waals surface area contributed by atoms with Gasteiger partial charge in [0.2, 0.25) is 0 Å². The molecule has 2 nitrogen and oxygen atoms in total. The lowest BCUT2D eigenvalue weighted by Crippen LogP contribution is -2.04. The van der Waals surface area contributed by atoms with Crippen molar-refractivity contribution in [1.82, 2.24) is 0 Å². The van der Waals surface area contributed by atoms with Crippen LogP contribution in [0.2, 0.25) is 0 Å². The fraction of sp³-hybridized carbons (Fsp3) is 0.500. The van der Waals surface area contributed by atoms with Gasteiger partial charge in [-0.1, -0.05) is 13.3 Å². The first-order chi connectivity index (χ1) is 6.63. The lowest BCUT2D eigenvalue weighted by atomic mass is 9.98. The molecule has 1 unspecified atom stereocenters. The number of aliphatic carboxylic acids is 1. The van der Waals surface area contributed by atoms with Crippen molar-refractivity contribution < 1.29 is 9.90 Å². The molecule has 0 aliphatic heterocycles. The van der Waals surface area contributed by atoms with Crippen molar-refractivity contribution in [1.29, 1.82) is 0 Å². The second-order valence-electron chi connectivity index (χ2n) is 3.23. The van der Waals surface area contributed by atoms with Gasteiger partial charge in [-0.25, -0.2) is 0 Å². The Hall–Kier alpha value is -0.350. The van der Waals surface area contributed by atoms with Crippen LogP contribution < -0.4 is 0 Å². The van der Waals surface area contributed by atoms with Gasteiger partial charge < -0.3 is 5.11 Å². The van der Waals surface area contributed by atoms with Gasteiger partial charge in [-0.3, -0.25) is 4.79 Å². The molecule has 0 bridgehead atoms. The SMILES string of the molecule is CCCC(CC(=O)O)c1ccc(Br)s1. The zero-order valence-electron chi connectivity index (χ0n) is 8.00. The first kappa shape index (κ1) is 11.7. The van der Waals surface area contributed by atoms with Crippen molar-refractivity contribution in [2.75, 3.05) is 0 Å². The number of carboxylic acids is 1. The van der Waals surface area contributed by atoms with Crippen LogP contribution in [-0.4, -0.2) is 11.1 Å². The van der Waals surface area contributed by atoms with Crippen LogP contribution in [0.4, 0.5) is 0 Å². The number of rotatable bonds is 5. The van der Waals surface area contributed by atoms with Gasteiger partial charge in [0.15, 0.2) is 0 Å². The molecule has 1 heterocycles. The summed E-state index contributed by atoms with van der Waals surface area (Å²) in [5, 5.41) is 8.77. The molecule has 78 valence electrons. The predicted octanol–water partition coefficient (Wildman–Crippen LogP) is 3.87. The van der Waals surface area contributed by atoms with Gasteiger partial charge in [-0.05, 0) is 34.5 Å². The molecule has 0 aliphatic carbocycles. The van der Waals surface area contributed by atoms with E-state index >= 15 is 0 Å². The fourth-order valence-electron chi connectivity index (χ4n) is 1.45. The minimum atomic E-state index is -0.715. The molecule has 0 saturated heterocycles. The molecule has 4 heteroatoms. The average molecular weight is 277 g/mol. The molecule has 1 rings (SSSR count). The van der Waals surface area contributed by atoms with Crippen LogP contribution in [0.15, 0.2) is 15.9 Å². The highest BCUT2D eigenvalue weighted by atomic mass is 79.9. The third-order valence-corrected chi connectivity index (χ3v) is 3.84. The van der Waals surface area contributed by atoms with Crippen LogP contribution in [0, 0.1) is 0 Å². The van der Waals surface area contributed by atoms with E-state index < -0.39 is 5.97 Å². The second kappa shape index (κ2) is 5.51. The molecule has 0 aromatic carbocycles. The van der Waals surface area contributed by atoms with E-state index in [9.17, 15) is 4.79 Å². The van der Waals surface area contributed by atoms with Crippen LogP contribution in [-0.2, 0) is 4.79 Å². The second-order valence-corrected chi connectivity index (χ2v) is 5.72. The van der Waals surface area contributed by atoms with Crippen molar-refractivity contribution in [2.45, 2.75) is 32.1 Å². The van der Waals surface area contributed by atoms with Gasteiger partial charge in [0, 0.05) is 10.8 Å². The number of carboxylic acid groups (broad SMARTS) is 1. The number of thiophene rings is 1. The number of hydrogen-bond donors (Lipinski definition) is 1. The monoisotopic (exact) mass is 276 g/mol. The lowest BCUT2D eigenvalue weighted by Gasteiger charge is -2.10. The largest absolute Gasteiger partial charge is 0.481 e. The van der Waals surface area contributed by atoms with Gasteiger partial charge in [0.1, 0.15) is 0 Å². The third-order valence-electron chi connectivity index (χ3n) is 2.05. The van der Waals surface area contributed by atoms with Crippen molar-refractivity contribution in [3.8, 4) is 0 Å². The van der Waals surface area contributed by atoms with E-state index in [0.29, 0.717) is 0 Å². The summed E-state index contributed by atoms with van der Waals surface area (Å²) in [6, 6.07) is 3.99. The van der Waals surface area contributed by atoms with Gasteiger partial charge in [0.25, 0.3) is 0 Å². The Morgan fingerprint density at radius 1 is 1.64 bits per heavy atom. The van der Waals surface area contributed by atoms with Crippen molar-refractivity contribution >= 4 is 33.2 Å². The summed E-state index contributed by atoms with van der Waals surface area (Å²) in [6.07, 6.45) is 2.20. The predicted molar refractivity (Wildman–Crippen MR) is 61.9 cm³/mol. The molecule has 1 aromatic rings. The van der Waals surface area contributed by atoms with Crippen molar-refractivity contribution in [3.63, 3.8) is 0 Å².